The molecule has 2 N–H and O–H groups in total. The number of fused-ring (bicyclic) bond motifs is 5. The second kappa shape index (κ2) is 7.46. The van der Waals surface area contributed by atoms with Crippen LogP contribution in [0.15, 0.2) is 18.2 Å². The van der Waals surface area contributed by atoms with Crippen molar-refractivity contribution in [3.63, 3.8) is 0 Å². The number of aliphatic hydroxyl groups is 1. The monoisotopic (exact) mass is 384 g/mol. The van der Waals surface area contributed by atoms with Gasteiger partial charge in [0.25, 0.3) is 5.91 Å². The molecule has 6 rings (SSSR count). The molecule has 4 fully saturated rings. The third kappa shape index (κ3) is 3.32. The van der Waals surface area contributed by atoms with E-state index in [4.69, 9.17) is 4.74 Å². The Bertz CT molecular complexity index is 860. The Morgan fingerprint density at radius 3 is 2.82 bits per heavy atom. The molecule has 0 spiro atoms. The summed E-state index contributed by atoms with van der Waals surface area (Å²) in [6.07, 6.45) is 4.53. The van der Waals surface area contributed by atoms with E-state index in [1.165, 1.54) is 6.42 Å². The molecule has 4 aliphatic rings. The zero-order valence-corrected chi connectivity index (χ0v) is 16.1. The van der Waals surface area contributed by atoms with Crippen molar-refractivity contribution in [3.05, 3.63) is 29.6 Å². The van der Waals surface area contributed by atoms with Gasteiger partial charge >= 0.3 is 0 Å². The minimum absolute atomic E-state index is 0.116. The fourth-order valence-electron chi connectivity index (χ4n) is 5.15. The Labute approximate surface area is 164 Å². The topological polar surface area (TPSA) is 81.7 Å². The van der Waals surface area contributed by atoms with Gasteiger partial charge < -0.3 is 19.7 Å². The Balaban J connectivity index is 1.36. The molecule has 0 aliphatic carbocycles. The van der Waals surface area contributed by atoms with E-state index in [-0.39, 0.29) is 12.5 Å². The third-order valence-electron chi connectivity index (χ3n) is 6.64. The Morgan fingerprint density at radius 2 is 2.00 bits per heavy atom. The number of carbonyl (C=O) groups excluding carboxylic acids is 1. The van der Waals surface area contributed by atoms with Crippen LogP contribution < -0.4 is 0 Å². The maximum Gasteiger partial charge on any atom is 0.254 e. The minimum Gasteiger partial charge on any atom is -0.388 e. The summed E-state index contributed by atoms with van der Waals surface area (Å²) >= 11 is 0. The Hall–Kier alpha value is -1.96. The summed E-state index contributed by atoms with van der Waals surface area (Å²) in [5, 5.41) is 9.27. The Kier molecular flexibility index (Phi) is 4.82. The molecule has 5 heterocycles. The van der Waals surface area contributed by atoms with E-state index in [2.05, 4.69) is 19.8 Å². The van der Waals surface area contributed by atoms with E-state index in [0.717, 1.165) is 63.1 Å². The van der Waals surface area contributed by atoms with Gasteiger partial charge in [0, 0.05) is 50.5 Å². The molecule has 7 heteroatoms. The first-order valence-electron chi connectivity index (χ1n) is 10.4. The van der Waals surface area contributed by atoms with Gasteiger partial charge in [-0.2, -0.15) is 0 Å². The smallest absolute Gasteiger partial charge is 0.254 e. The van der Waals surface area contributed by atoms with Gasteiger partial charge in [-0.1, -0.05) is 0 Å². The number of nitrogens with zero attached hydrogens (tertiary/aromatic N) is 3. The lowest BCUT2D eigenvalue weighted by atomic mass is 9.94. The molecular weight excluding hydrogens is 356 g/mol. The second-order valence-corrected chi connectivity index (χ2v) is 8.43. The van der Waals surface area contributed by atoms with Crippen molar-refractivity contribution in [1.29, 1.82) is 0 Å². The average molecular weight is 384 g/mol. The van der Waals surface area contributed by atoms with Gasteiger partial charge in [0.05, 0.1) is 11.0 Å². The van der Waals surface area contributed by atoms with Crippen LogP contribution in [0.1, 0.15) is 41.9 Å². The van der Waals surface area contributed by atoms with Gasteiger partial charge in [-0.15, -0.1) is 0 Å². The zero-order valence-electron chi connectivity index (χ0n) is 16.1. The SMILES string of the molecule is O=C(c1ccc2nc(CO)[nH]c2c1)N1C[C@H]2CC[C@@H]1CN(C1CCOCC1)C2. The van der Waals surface area contributed by atoms with Gasteiger partial charge in [-0.3, -0.25) is 9.69 Å². The van der Waals surface area contributed by atoms with Crippen LogP contribution in [0.5, 0.6) is 0 Å². The van der Waals surface area contributed by atoms with Gasteiger partial charge in [0.15, 0.2) is 0 Å². The molecule has 2 atom stereocenters. The third-order valence-corrected chi connectivity index (χ3v) is 6.64. The van der Waals surface area contributed by atoms with E-state index in [1.807, 2.05) is 18.2 Å². The summed E-state index contributed by atoms with van der Waals surface area (Å²) < 4.78 is 5.54. The standard InChI is InChI=1S/C21H28N4O3/c26-13-20-22-18-4-2-15(9-19(18)23-20)21(27)25-11-14-1-3-17(25)12-24(10-14)16-5-7-28-8-6-16/h2,4,9,14,16-17,26H,1,3,5-8,10-13H2,(H,22,23)/t14-,17+/m0/s1. The van der Waals surface area contributed by atoms with Crippen LogP contribution in [0.4, 0.5) is 0 Å². The second-order valence-electron chi connectivity index (χ2n) is 8.43. The summed E-state index contributed by atoms with van der Waals surface area (Å²) in [5.74, 6) is 1.20. The fourth-order valence-corrected chi connectivity index (χ4v) is 5.15. The normalized spacial score (nSPS) is 26.7. The fraction of sp³-hybridized carbons (Fsp3) is 0.619. The molecule has 0 unspecified atom stereocenters. The molecule has 0 saturated carbocycles. The number of ether oxygens (including phenoxy) is 1. The number of H-pyrrole nitrogens is 1. The highest BCUT2D eigenvalue weighted by atomic mass is 16.5. The number of nitrogens with one attached hydrogen (secondary N) is 1. The number of amides is 1. The molecule has 150 valence electrons. The number of carbonyl (C=O) groups is 1. The molecule has 0 radical (unpaired) electrons. The van der Waals surface area contributed by atoms with E-state index < -0.39 is 0 Å². The van der Waals surface area contributed by atoms with Crippen molar-refractivity contribution in [2.45, 2.75) is 44.4 Å². The molecule has 4 aliphatic heterocycles. The van der Waals surface area contributed by atoms with Crippen LogP contribution in [-0.4, -0.2) is 75.7 Å². The molecular formula is C21H28N4O3. The highest BCUT2D eigenvalue weighted by Crippen LogP contribution is 2.32. The highest BCUT2D eigenvalue weighted by Gasteiger charge is 2.39. The van der Waals surface area contributed by atoms with Crippen LogP contribution in [0.2, 0.25) is 0 Å². The minimum atomic E-state index is -0.129. The van der Waals surface area contributed by atoms with Crippen molar-refractivity contribution in [3.8, 4) is 0 Å². The average Bonchev–Trinajstić information content (AvgIpc) is 2.93. The van der Waals surface area contributed by atoms with E-state index in [1.54, 1.807) is 0 Å². The molecule has 1 aromatic heterocycles. The van der Waals surface area contributed by atoms with Crippen LogP contribution in [0.25, 0.3) is 11.0 Å². The first kappa shape index (κ1) is 18.1. The number of hydrogen-bond donors (Lipinski definition) is 2. The van der Waals surface area contributed by atoms with Crippen molar-refractivity contribution < 1.29 is 14.6 Å². The molecule has 28 heavy (non-hydrogen) atoms. The quantitative estimate of drug-likeness (QED) is 0.843. The number of imidazole rings is 1. The molecule has 1 aromatic carbocycles. The number of rotatable bonds is 3. The predicted molar refractivity (Wildman–Crippen MR) is 105 cm³/mol. The summed E-state index contributed by atoms with van der Waals surface area (Å²) in [6.45, 7) is 4.53. The molecule has 4 saturated heterocycles. The van der Waals surface area contributed by atoms with Gasteiger partial charge in [-0.05, 0) is 49.8 Å². The molecule has 2 aromatic rings. The lowest BCUT2D eigenvalue weighted by Crippen LogP contribution is -2.48. The number of aromatic amines is 1. The molecule has 2 bridgehead atoms. The largest absolute Gasteiger partial charge is 0.388 e. The number of benzene rings is 1. The summed E-state index contributed by atoms with van der Waals surface area (Å²) in [6, 6.07) is 6.49. The first-order chi connectivity index (χ1) is 13.7. The van der Waals surface area contributed by atoms with Crippen LogP contribution in [0.3, 0.4) is 0 Å². The lowest BCUT2D eigenvalue weighted by molar-refractivity contribution is 0.0304. The summed E-state index contributed by atoms with van der Waals surface area (Å²) in [5.41, 5.74) is 2.29. The van der Waals surface area contributed by atoms with E-state index in [9.17, 15) is 9.90 Å². The maximum absolute atomic E-state index is 13.3. The number of aliphatic hydroxyl groups excluding tert-OH is 1. The first-order valence-corrected chi connectivity index (χ1v) is 10.4. The van der Waals surface area contributed by atoms with Crippen LogP contribution in [0, 0.1) is 5.92 Å². The van der Waals surface area contributed by atoms with Crippen molar-refractivity contribution in [1.82, 2.24) is 19.8 Å². The van der Waals surface area contributed by atoms with Crippen molar-refractivity contribution >= 4 is 16.9 Å². The highest BCUT2D eigenvalue weighted by molar-refractivity contribution is 5.97. The number of hydrogen-bond acceptors (Lipinski definition) is 5. The van der Waals surface area contributed by atoms with E-state index in [0.29, 0.717) is 29.4 Å². The molecule has 7 nitrogen and oxygen atoms in total. The molecule has 1 amide bonds. The predicted octanol–water partition coefficient (Wildman–Crippen LogP) is 1.77. The number of aromatic nitrogens is 2. The van der Waals surface area contributed by atoms with Gasteiger partial charge in [0.1, 0.15) is 12.4 Å². The summed E-state index contributed by atoms with van der Waals surface area (Å²) in [4.78, 5) is 25.5. The zero-order chi connectivity index (χ0) is 19.1. The summed E-state index contributed by atoms with van der Waals surface area (Å²) in [7, 11) is 0. The van der Waals surface area contributed by atoms with Gasteiger partial charge in [-0.25, -0.2) is 4.98 Å². The maximum atomic E-state index is 13.3. The van der Waals surface area contributed by atoms with E-state index >= 15 is 0 Å². The van der Waals surface area contributed by atoms with Crippen LogP contribution >= 0.6 is 0 Å². The number of piperidine rings is 1. The van der Waals surface area contributed by atoms with Crippen molar-refractivity contribution in [2.24, 2.45) is 5.92 Å². The van der Waals surface area contributed by atoms with Crippen LogP contribution in [-0.2, 0) is 11.3 Å². The van der Waals surface area contributed by atoms with Gasteiger partial charge in [0.2, 0.25) is 0 Å². The lowest BCUT2D eigenvalue weighted by Gasteiger charge is -2.37. The Morgan fingerprint density at radius 1 is 1.14 bits per heavy atom. The van der Waals surface area contributed by atoms with Crippen molar-refractivity contribution in [2.75, 3.05) is 32.8 Å².